The molecule has 0 aromatic rings. The minimum atomic E-state index is -1.99. The van der Waals surface area contributed by atoms with Gasteiger partial charge < -0.3 is 13.4 Å². The lowest BCUT2D eigenvalue weighted by molar-refractivity contribution is 0.237. The summed E-state index contributed by atoms with van der Waals surface area (Å²) in [5, 5.41) is 0.360. The van der Waals surface area contributed by atoms with Crippen LogP contribution in [0.4, 0.5) is 0 Å². The Morgan fingerprint density at radius 3 is 1.62 bits per heavy atom. The van der Waals surface area contributed by atoms with Gasteiger partial charge in [-0.1, -0.05) is 33.9 Å². The zero-order chi connectivity index (χ0) is 13.2. The molecule has 0 aliphatic rings. The zero-order valence-electron chi connectivity index (χ0n) is 12.5. The molecule has 0 aromatic carbocycles. The Bertz CT molecular complexity index is 223. The van der Waals surface area contributed by atoms with E-state index in [1.807, 2.05) is 0 Å². The maximum atomic E-state index is 5.56. The Morgan fingerprint density at radius 1 is 1.00 bits per heavy atom. The molecule has 0 aliphatic heterocycles. The van der Waals surface area contributed by atoms with Crippen LogP contribution >= 0.6 is 0 Å². The van der Waals surface area contributed by atoms with Gasteiger partial charge in [0.2, 0.25) is 0 Å². The minimum Gasteiger partial charge on any atom is -0.397 e. The van der Waals surface area contributed by atoms with Gasteiger partial charge in [0.1, 0.15) is 8.24 Å². The first-order valence-electron chi connectivity index (χ1n) is 5.82. The SMILES string of the molecule is CO[Si](C)(CN(C)[Si](C)(C)C(C)(C)C)OC. The number of hydrogen-bond acceptors (Lipinski definition) is 3. The van der Waals surface area contributed by atoms with Crippen LogP contribution in [-0.2, 0) is 8.85 Å². The normalized spacial score (nSPS) is 14.6. The standard InChI is InChI=1S/C11H29NO2Si2/c1-11(2,3)15(7,8)12(4)10-16(9,13-5)14-6/h10H2,1-9H3. The van der Waals surface area contributed by atoms with Crippen molar-refractivity contribution in [3.05, 3.63) is 0 Å². The van der Waals surface area contributed by atoms with Crippen LogP contribution in [0.15, 0.2) is 0 Å². The van der Waals surface area contributed by atoms with E-state index >= 15 is 0 Å². The Hall–Kier alpha value is 0.314. The van der Waals surface area contributed by atoms with Gasteiger partial charge in [-0.25, -0.2) is 0 Å². The molecule has 0 heterocycles. The smallest absolute Gasteiger partial charge is 0.348 e. The fourth-order valence-electron chi connectivity index (χ4n) is 1.41. The summed E-state index contributed by atoms with van der Waals surface area (Å²) >= 11 is 0. The van der Waals surface area contributed by atoms with Crippen molar-refractivity contribution in [1.29, 1.82) is 0 Å². The second-order valence-electron chi connectivity index (χ2n) is 6.21. The molecule has 0 spiro atoms. The maximum Gasteiger partial charge on any atom is 0.348 e. The summed E-state index contributed by atoms with van der Waals surface area (Å²) < 4.78 is 13.6. The van der Waals surface area contributed by atoms with Crippen molar-refractivity contribution < 1.29 is 8.85 Å². The highest BCUT2D eigenvalue weighted by Crippen LogP contribution is 2.37. The van der Waals surface area contributed by atoms with Gasteiger partial charge in [-0.3, -0.25) is 0 Å². The van der Waals surface area contributed by atoms with E-state index in [1.54, 1.807) is 14.2 Å². The molecule has 0 aliphatic carbocycles. The predicted molar refractivity (Wildman–Crippen MR) is 75.5 cm³/mol. The third kappa shape index (κ3) is 3.66. The van der Waals surface area contributed by atoms with E-state index in [1.165, 1.54) is 0 Å². The molecule has 3 nitrogen and oxygen atoms in total. The van der Waals surface area contributed by atoms with Crippen molar-refractivity contribution in [2.24, 2.45) is 0 Å². The molecule has 0 amide bonds. The van der Waals surface area contributed by atoms with E-state index in [0.717, 1.165) is 6.17 Å². The van der Waals surface area contributed by atoms with Crippen molar-refractivity contribution in [3.8, 4) is 0 Å². The van der Waals surface area contributed by atoms with E-state index < -0.39 is 16.8 Å². The first-order chi connectivity index (χ1) is 7.00. The summed E-state index contributed by atoms with van der Waals surface area (Å²) in [7, 11) is 2.30. The van der Waals surface area contributed by atoms with Crippen molar-refractivity contribution in [2.45, 2.75) is 45.5 Å². The Morgan fingerprint density at radius 2 is 1.38 bits per heavy atom. The fraction of sp³-hybridized carbons (Fsp3) is 1.00. The summed E-state index contributed by atoms with van der Waals surface area (Å²) in [6.07, 6.45) is 0.941. The second kappa shape index (κ2) is 5.31. The molecule has 0 fully saturated rings. The van der Waals surface area contributed by atoms with Crippen LogP contribution in [0.1, 0.15) is 20.8 Å². The first kappa shape index (κ1) is 16.3. The van der Waals surface area contributed by atoms with Crippen LogP contribution in [-0.4, -0.2) is 48.8 Å². The zero-order valence-corrected chi connectivity index (χ0v) is 14.5. The molecule has 0 N–H and O–H groups in total. The summed E-state index contributed by atoms with van der Waals surface area (Å²) in [6, 6.07) is 0. The van der Waals surface area contributed by atoms with Crippen LogP contribution in [0.25, 0.3) is 0 Å². The molecule has 0 atom stereocenters. The summed E-state index contributed by atoms with van der Waals surface area (Å²) in [5.74, 6) is 0. The number of hydrogen-bond donors (Lipinski definition) is 0. The Kier molecular flexibility index (Phi) is 5.41. The third-order valence-electron chi connectivity index (χ3n) is 4.18. The third-order valence-corrected chi connectivity index (χ3v) is 13.0. The molecule has 0 unspecified atom stereocenters. The lowest BCUT2D eigenvalue weighted by Crippen LogP contribution is -2.59. The van der Waals surface area contributed by atoms with E-state index in [4.69, 9.17) is 8.85 Å². The lowest BCUT2D eigenvalue weighted by Gasteiger charge is -2.45. The van der Waals surface area contributed by atoms with Gasteiger partial charge in [0.05, 0.1) is 0 Å². The van der Waals surface area contributed by atoms with Crippen molar-refractivity contribution in [3.63, 3.8) is 0 Å². The monoisotopic (exact) mass is 263 g/mol. The highest BCUT2D eigenvalue weighted by Gasteiger charge is 2.43. The first-order valence-corrected chi connectivity index (χ1v) is 11.3. The van der Waals surface area contributed by atoms with Crippen molar-refractivity contribution in [1.82, 2.24) is 4.57 Å². The van der Waals surface area contributed by atoms with Crippen LogP contribution in [0, 0.1) is 0 Å². The lowest BCUT2D eigenvalue weighted by atomic mass is 10.2. The Labute approximate surface area is 103 Å². The molecular formula is C11H29NO2Si2. The van der Waals surface area contributed by atoms with Gasteiger partial charge in [0, 0.05) is 20.4 Å². The van der Waals surface area contributed by atoms with E-state index in [-0.39, 0.29) is 0 Å². The molecule has 5 heteroatoms. The Balaban J connectivity index is 4.76. The fourth-order valence-corrected chi connectivity index (χ4v) is 6.29. The van der Waals surface area contributed by atoms with Gasteiger partial charge in [-0.05, 0) is 18.6 Å². The van der Waals surface area contributed by atoms with E-state index in [2.05, 4.69) is 52.0 Å². The second-order valence-corrected chi connectivity index (χ2v) is 15.0. The maximum absolute atomic E-state index is 5.56. The molecule has 0 radical (unpaired) electrons. The predicted octanol–water partition coefficient (Wildman–Crippen LogP) is 2.83. The average Bonchev–Trinajstić information content (AvgIpc) is 2.15. The van der Waals surface area contributed by atoms with Crippen LogP contribution in [0.3, 0.4) is 0 Å². The number of nitrogens with zero attached hydrogens (tertiary/aromatic N) is 1. The summed E-state index contributed by atoms with van der Waals surface area (Å²) in [6.45, 7) is 13.9. The van der Waals surface area contributed by atoms with Crippen LogP contribution in [0.5, 0.6) is 0 Å². The van der Waals surface area contributed by atoms with E-state index in [0.29, 0.717) is 5.04 Å². The molecule has 98 valence electrons. The molecule has 16 heavy (non-hydrogen) atoms. The van der Waals surface area contributed by atoms with Gasteiger partial charge in [0.25, 0.3) is 0 Å². The van der Waals surface area contributed by atoms with Crippen molar-refractivity contribution >= 4 is 16.8 Å². The van der Waals surface area contributed by atoms with E-state index in [9.17, 15) is 0 Å². The highest BCUT2D eigenvalue weighted by molar-refractivity contribution is 6.79. The van der Waals surface area contributed by atoms with Crippen LogP contribution < -0.4 is 0 Å². The average molecular weight is 264 g/mol. The van der Waals surface area contributed by atoms with Gasteiger partial charge >= 0.3 is 8.56 Å². The van der Waals surface area contributed by atoms with Gasteiger partial charge in [-0.15, -0.1) is 0 Å². The molecular weight excluding hydrogens is 234 g/mol. The molecule has 0 saturated heterocycles. The van der Waals surface area contributed by atoms with Gasteiger partial charge in [0.15, 0.2) is 0 Å². The number of rotatable bonds is 5. The quantitative estimate of drug-likeness (QED) is 0.712. The van der Waals surface area contributed by atoms with Crippen molar-refractivity contribution in [2.75, 3.05) is 27.4 Å². The molecule has 0 aromatic heterocycles. The minimum absolute atomic E-state index is 0.360. The molecule has 0 rings (SSSR count). The largest absolute Gasteiger partial charge is 0.397 e. The molecule has 0 saturated carbocycles. The topological polar surface area (TPSA) is 21.7 Å². The highest BCUT2D eigenvalue weighted by atomic mass is 28.4. The summed E-state index contributed by atoms with van der Waals surface area (Å²) in [4.78, 5) is 0. The van der Waals surface area contributed by atoms with Gasteiger partial charge in [-0.2, -0.15) is 0 Å². The molecule has 0 bridgehead atoms. The summed E-state index contributed by atoms with van der Waals surface area (Å²) in [5.41, 5.74) is 0. The van der Waals surface area contributed by atoms with Crippen LogP contribution in [0.2, 0.25) is 24.7 Å².